The van der Waals surface area contributed by atoms with E-state index >= 15 is 0 Å². The molecular weight excluding hydrogens is 334 g/mol. The summed E-state index contributed by atoms with van der Waals surface area (Å²) in [7, 11) is 0. The number of aromatic nitrogens is 1. The van der Waals surface area contributed by atoms with Crippen molar-refractivity contribution in [3.8, 4) is 0 Å². The Morgan fingerprint density at radius 2 is 2.19 bits per heavy atom. The maximum atomic E-state index is 12.8. The number of carboxylic acid groups (broad SMARTS) is 1. The Labute approximate surface area is 152 Å². The second kappa shape index (κ2) is 6.87. The molecule has 1 aromatic heterocycles. The third-order valence-electron chi connectivity index (χ3n) is 6.18. The number of carbonyl (C=O) groups is 2. The summed E-state index contributed by atoms with van der Waals surface area (Å²) in [6, 6.07) is 5.69. The van der Waals surface area contributed by atoms with Gasteiger partial charge in [-0.2, -0.15) is 0 Å². The van der Waals surface area contributed by atoms with E-state index in [1.165, 1.54) is 0 Å². The lowest BCUT2D eigenvalue weighted by Gasteiger charge is -2.30. The average Bonchev–Trinajstić information content (AvgIpc) is 3.27. The van der Waals surface area contributed by atoms with E-state index in [0.29, 0.717) is 45.8 Å². The van der Waals surface area contributed by atoms with Gasteiger partial charge in [-0.15, -0.1) is 0 Å². The highest BCUT2D eigenvalue weighted by Crippen LogP contribution is 2.44. The highest BCUT2D eigenvalue weighted by molar-refractivity contribution is 5.80. The monoisotopic (exact) mass is 359 g/mol. The first kappa shape index (κ1) is 17.3. The van der Waals surface area contributed by atoms with Crippen LogP contribution < -0.4 is 4.90 Å². The number of carbonyl (C=O) groups excluding carboxylic acids is 1. The minimum Gasteiger partial charge on any atom is -0.481 e. The summed E-state index contributed by atoms with van der Waals surface area (Å²) in [5.74, 6) is 0.0269. The molecule has 1 N–H and O–H groups in total. The van der Waals surface area contributed by atoms with E-state index in [0.717, 1.165) is 18.7 Å². The Balaban J connectivity index is 1.56. The SMILES string of the molecule is O=C([C@@H]1CCOC1)N1CCC[C@]2(C(=O)O)CN(c3ccccn3)C[C@@H]2C1. The number of ether oxygens (including phenoxy) is 1. The predicted molar refractivity (Wildman–Crippen MR) is 94.7 cm³/mol. The van der Waals surface area contributed by atoms with Crippen molar-refractivity contribution in [1.82, 2.24) is 9.88 Å². The molecule has 3 fully saturated rings. The lowest BCUT2D eigenvalue weighted by atomic mass is 9.75. The van der Waals surface area contributed by atoms with Gasteiger partial charge in [-0.25, -0.2) is 4.98 Å². The molecule has 0 spiro atoms. The summed E-state index contributed by atoms with van der Waals surface area (Å²) in [5, 5.41) is 10.1. The maximum absolute atomic E-state index is 12.8. The topological polar surface area (TPSA) is 83.0 Å². The van der Waals surface area contributed by atoms with Crippen molar-refractivity contribution in [3.63, 3.8) is 0 Å². The molecule has 0 saturated carbocycles. The number of nitrogens with zero attached hydrogens (tertiary/aromatic N) is 3. The zero-order chi connectivity index (χ0) is 18.1. The molecule has 0 aliphatic carbocycles. The van der Waals surface area contributed by atoms with Gasteiger partial charge in [0.25, 0.3) is 0 Å². The number of carboxylic acids is 1. The molecular formula is C19H25N3O4. The van der Waals surface area contributed by atoms with E-state index in [9.17, 15) is 14.7 Å². The lowest BCUT2D eigenvalue weighted by Crippen LogP contribution is -2.44. The summed E-state index contributed by atoms with van der Waals surface area (Å²) in [5.41, 5.74) is -0.807. The number of anilines is 1. The quantitative estimate of drug-likeness (QED) is 0.875. The highest BCUT2D eigenvalue weighted by Gasteiger charge is 2.54. The van der Waals surface area contributed by atoms with Crippen molar-refractivity contribution in [2.45, 2.75) is 19.3 Å². The van der Waals surface area contributed by atoms with Crippen LogP contribution in [0, 0.1) is 17.3 Å². The number of aliphatic carboxylic acids is 1. The summed E-state index contributed by atoms with van der Waals surface area (Å²) < 4.78 is 5.36. The van der Waals surface area contributed by atoms with E-state index in [1.54, 1.807) is 6.20 Å². The molecule has 3 aliphatic heterocycles. The fourth-order valence-corrected chi connectivity index (χ4v) is 4.69. The van der Waals surface area contributed by atoms with Gasteiger partial charge in [0.2, 0.25) is 5.91 Å². The van der Waals surface area contributed by atoms with Crippen molar-refractivity contribution in [1.29, 1.82) is 0 Å². The van der Waals surface area contributed by atoms with Crippen LogP contribution in [0.4, 0.5) is 5.82 Å². The number of likely N-dealkylation sites (tertiary alicyclic amines) is 1. The van der Waals surface area contributed by atoms with E-state index in [-0.39, 0.29) is 17.7 Å². The number of hydrogen-bond donors (Lipinski definition) is 1. The number of hydrogen-bond acceptors (Lipinski definition) is 5. The number of fused-ring (bicyclic) bond motifs is 1. The van der Waals surface area contributed by atoms with Gasteiger partial charge in [0.1, 0.15) is 5.82 Å². The minimum absolute atomic E-state index is 0.0689. The van der Waals surface area contributed by atoms with Crippen LogP contribution in [0.15, 0.2) is 24.4 Å². The van der Waals surface area contributed by atoms with E-state index < -0.39 is 11.4 Å². The normalized spacial score (nSPS) is 31.5. The molecule has 1 amide bonds. The van der Waals surface area contributed by atoms with E-state index in [2.05, 4.69) is 9.88 Å². The number of pyridine rings is 1. The lowest BCUT2D eigenvalue weighted by molar-refractivity contribution is -0.151. The van der Waals surface area contributed by atoms with Gasteiger partial charge in [0.05, 0.1) is 17.9 Å². The van der Waals surface area contributed by atoms with Gasteiger partial charge in [-0.1, -0.05) is 6.07 Å². The molecule has 140 valence electrons. The van der Waals surface area contributed by atoms with Gasteiger partial charge < -0.3 is 19.6 Å². The Morgan fingerprint density at radius 3 is 2.88 bits per heavy atom. The molecule has 3 aliphatic rings. The standard InChI is InChI=1S/C19H25N3O4/c23-17(14-5-9-26-12-14)21-8-3-6-19(18(24)25)13-22(11-15(19)10-21)16-4-1-2-7-20-16/h1-2,4,7,14-15H,3,5-6,8-13H2,(H,24,25)/t14-,15+,19+/m1/s1. The maximum Gasteiger partial charge on any atom is 0.311 e. The summed E-state index contributed by atoms with van der Waals surface area (Å²) in [6.07, 6.45) is 3.82. The molecule has 0 aromatic carbocycles. The van der Waals surface area contributed by atoms with Gasteiger partial charge in [0, 0.05) is 44.9 Å². The smallest absolute Gasteiger partial charge is 0.311 e. The van der Waals surface area contributed by atoms with Crippen molar-refractivity contribution in [2.75, 3.05) is 44.3 Å². The van der Waals surface area contributed by atoms with Crippen LogP contribution in [0.1, 0.15) is 19.3 Å². The van der Waals surface area contributed by atoms with Gasteiger partial charge in [-0.3, -0.25) is 9.59 Å². The number of rotatable bonds is 3. The van der Waals surface area contributed by atoms with Crippen LogP contribution in [-0.4, -0.2) is 66.3 Å². The third kappa shape index (κ3) is 2.94. The second-order valence-corrected chi connectivity index (χ2v) is 7.67. The molecule has 1 aromatic rings. The zero-order valence-corrected chi connectivity index (χ0v) is 14.8. The Hall–Kier alpha value is -2.15. The van der Waals surface area contributed by atoms with Crippen LogP contribution in [0.5, 0.6) is 0 Å². The van der Waals surface area contributed by atoms with Gasteiger partial charge in [0.15, 0.2) is 0 Å². The van der Waals surface area contributed by atoms with Crippen molar-refractivity contribution < 1.29 is 19.4 Å². The fourth-order valence-electron chi connectivity index (χ4n) is 4.69. The Kier molecular flexibility index (Phi) is 4.56. The summed E-state index contributed by atoms with van der Waals surface area (Å²) in [4.78, 5) is 33.4. The Bertz CT molecular complexity index is 677. The van der Waals surface area contributed by atoms with Crippen LogP contribution in [-0.2, 0) is 14.3 Å². The highest BCUT2D eigenvalue weighted by atomic mass is 16.5. The second-order valence-electron chi connectivity index (χ2n) is 7.67. The fraction of sp³-hybridized carbons (Fsp3) is 0.632. The van der Waals surface area contributed by atoms with E-state index in [1.807, 2.05) is 23.1 Å². The summed E-state index contributed by atoms with van der Waals surface area (Å²) in [6.45, 7) is 3.35. The van der Waals surface area contributed by atoms with Crippen LogP contribution in [0.3, 0.4) is 0 Å². The number of amides is 1. The molecule has 4 heterocycles. The molecule has 4 rings (SSSR count). The molecule has 7 heteroatoms. The first-order valence-electron chi connectivity index (χ1n) is 9.36. The minimum atomic E-state index is -0.807. The van der Waals surface area contributed by atoms with Crippen LogP contribution >= 0.6 is 0 Å². The molecule has 0 radical (unpaired) electrons. The van der Waals surface area contributed by atoms with Gasteiger partial charge in [-0.05, 0) is 31.4 Å². The van der Waals surface area contributed by atoms with Crippen LogP contribution in [0.25, 0.3) is 0 Å². The molecule has 7 nitrogen and oxygen atoms in total. The molecule has 3 saturated heterocycles. The molecule has 26 heavy (non-hydrogen) atoms. The first-order chi connectivity index (χ1) is 12.6. The van der Waals surface area contributed by atoms with E-state index in [4.69, 9.17) is 4.74 Å². The summed E-state index contributed by atoms with van der Waals surface area (Å²) >= 11 is 0. The third-order valence-corrected chi connectivity index (χ3v) is 6.18. The first-order valence-corrected chi connectivity index (χ1v) is 9.36. The largest absolute Gasteiger partial charge is 0.481 e. The van der Waals surface area contributed by atoms with Crippen molar-refractivity contribution in [3.05, 3.63) is 24.4 Å². The van der Waals surface area contributed by atoms with Crippen molar-refractivity contribution >= 4 is 17.7 Å². The van der Waals surface area contributed by atoms with Crippen LogP contribution in [0.2, 0.25) is 0 Å². The Morgan fingerprint density at radius 1 is 1.31 bits per heavy atom. The zero-order valence-electron chi connectivity index (χ0n) is 14.8. The predicted octanol–water partition coefficient (Wildman–Crippen LogP) is 1.25. The molecule has 0 unspecified atom stereocenters. The molecule has 0 bridgehead atoms. The van der Waals surface area contributed by atoms with Gasteiger partial charge >= 0.3 is 5.97 Å². The average molecular weight is 359 g/mol. The van der Waals surface area contributed by atoms with Crippen molar-refractivity contribution in [2.24, 2.45) is 17.3 Å². The molecule has 3 atom stereocenters.